The van der Waals surface area contributed by atoms with Crippen LogP contribution in [0.25, 0.3) is 16.8 Å². The number of aromatic nitrogens is 4. The second-order valence-corrected chi connectivity index (χ2v) is 16.5. The summed E-state index contributed by atoms with van der Waals surface area (Å²) in [7, 11) is 1.52. The zero-order chi connectivity index (χ0) is 42.3. The molecule has 2 aromatic carbocycles. The number of rotatable bonds is 7. The molecule has 2 fully saturated rings. The Balaban J connectivity index is 0.947. The predicted molar refractivity (Wildman–Crippen MR) is 217 cm³/mol. The summed E-state index contributed by atoms with van der Waals surface area (Å²) < 4.78 is 55.6. The van der Waals surface area contributed by atoms with E-state index in [-0.39, 0.29) is 48.4 Å². The van der Waals surface area contributed by atoms with Gasteiger partial charge in [-0.1, -0.05) is 0 Å². The number of pyridine rings is 1. The zero-order valence-electron chi connectivity index (χ0n) is 33.8. The number of nitrogens with one attached hydrogen (secondary N) is 1. The van der Waals surface area contributed by atoms with Gasteiger partial charge in [0.15, 0.2) is 5.82 Å². The summed E-state index contributed by atoms with van der Waals surface area (Å²) in [5.41, 5.74) is 6.13. The molecule has 0 bridgehead atoms. The van der Waals surface area contributed by atoms with Gasteiger partial charge in [0.1, 0.15) is 23.3 Å². The Bertz CT molecular complexity index is 2650. The Kier molecular flexibility index (Phi) is 9.51. The summed E-state index contributed by atoms with van der Waals surface area (Å²) in [6.45, 7) is 4.15. The van der Waals surface area contributed by atoms with Crippen molar-refractivity contribution in [2.45, 2.75) is 83.5 Å². The molecule has 17 heteroatoms. The van der Waals surface area contributed by atoms with Crippen molar-refractivity contribution in [3.05, 3.63) is 88.3 Å². The molecule has 316 valence electrons. The number of piperidine rings is 2. The van der Waals surface area contributed by atoms with E-state index >= 15 is 13.2 Å². The van der Waals surface area contributed by atoms with Crippen molar-refractivity contribution in [1.29, 1.82) is 0 Å². The Morgan fingerprint density at radius 2 is 1.72 bits per heavy atom. The van der Waals surface area contributed by atoms with Crippen molar-refractivity contribution in [3.63, 3.8) is 0 Å². The molecule has 0 saturated carbocycles. The van der Waals surface area contributed by atoms with Crippen LogP contribution in [0.5, 0.6) is 5.75 Å². The van der Waals surface area contributed by atoms with Crippen LogP contribution in [0.2, 0.25) is 0 Å². The third kappa shape index (κ3) is 6.55. The first-order valence-electron chi connectivity index (χ1n) is 20.8. The molecule has 2 saturated heterocycles. The van der Waals surface area contributed by atoms with E-state index in [0.717, 1.165) is 23.2 Å². The number of nitrogens with zero attached hydrogens (tertiary/aromatic N) is 8. The summed E-state index contributed by atoms with van der Waals surface area (Å²) in [4.78, 5) is 61.9. The zero-order valence-corrected chi connectivity index (χ0v) is 33.8. The van der Waals surface area contributed by atoms with Crippen molar-refractivity contribution in [1.82, 2.24) is 34.3 Å². The Hall–Kier alpha value is -6.39. The maximum Gasteiger partial charge on any atom is 0.264 e. The molecule has 5 aliphatic rings. The first kappa shape index (κ1) is 38.8. The largest absolute Gasteiger partial charge is 0.495 e. The maximum atomic E-state index is 15.8. The van der Waals surface area contributed by atoms with Gasteiger partial charge in [-0.15, -0.1) is 0 Å². The lowest BCUT2D eigenvalue weighted by Crippen LogP contribution is -2.52. The van der Waals surface area contributed by atoms with Crippen LogP contribution in [0.15, 0.2) is 48.9 Å². The topological polar surface area (TPSA) is 138 Å². The molecule has 8 heterocycles. The number of hydrogen-bond acceptors (Lipinski definition) is 9. The van der Waals surface area contributed by atoms with Crippen molar-refractivity contribution in [2.75, 3.05) is 43.1 Å². The first-order valence-corrected chi connectivity index (χ1v) is 20.8. The van der Waals surface area contributed by atoms with Gasteiger partial charge < -0.3 is 28.7 Å². The van der Waals surface area contributed by atoms with E-state index in [9.17, 15) is 19.2 Å². The van der Waals surface area contributed by atoms with Gasteiger partial charge in [0, 0.05) is 98.5 Å². The minimum atomic E-state index is -2.78. The number of amides is 4. The van der Waals surface area contributed by atoms with Crippen LogP contribution in [-0.4, -0.2) is 91.9 Å². The number of carbonyl (C=O) groups is 4. The molecule has 0 aliphatic carbocycles. The Labute approximate surface area is 348 Å². The first-order chi connectivity index (χ1) is 29.5. The summed E-state index contributed by atoms with van der Waals surface area (Å²) in [5, 5.41) is 7.58. The highest BCUT2D eigenvalue weighted by Crippen LogP contribution is 2.46. The van der Waals surface area contributed by atoms with E-state index in [1.54, 1.807) is 53.0 Å². The van der Waals surface area contributed by atoms with E-state index in [0.29, 0.717) is 104 Å². The van der Waals surface area contributed by atoms with Crippen molar-refractivity contribution in [2.24, 2.45) is 0 Å². The van der Waals surface area contributed by atoms with Gasteiger partial charge in [0.2, 0.25) is 17.7 Å². The van der Waals surface area contributed by atoms with Crippen LogP contribution in [0.3, 0.4) is 0 Å². The number of fused-ring (bicyclic) bond motifs is 4. The highest BCUT2D eigenvalue weighted by atomic mass is 19.3. The molecule has 5 aliphatic heterocycles. The highest BCUT2D eigenvalue weighted by Gasteiger charge is 2.41. The van der Waals surface area contributed by atoms with Gasteiger partial charge in [-0.05, 0) is 79.1 Å². The molecule has 1 atom stereocenters. The average molecular weight is 836 g/mol. The lowest BCUT2D eigenvalue weighted by Gasteiger charge is -2.35. The van der Waals surface area contributed by atoms with Crippen LogP contribution in [-0.2, 0) is 40.3 Å². The minimum Gasteiger partial charge on any atom is -0.495 e. The Morgan fingerprint density at radius 1 is 0.902 bits per heavy atom. The van der Waals surface area contributed by atoms with Crippen LogP contribution in [0.4, 0.5) is 30.4 Å². The molecule has 5 aromatic rings. The fraction of sp³-hybridized carbons (Fsp3) is 0.409. The average Bonchev–Trinajstić information content (AvgIpc) is 3.97. The summed E-state index contributed by atoms with van der Waals surface area (Å²) in [6, 6.07) is 7.33. The van der Waals surface area contributed by atoms with E-state index in [2.05, 4.69) is 15.0 Å². The monoisotopic (exact) mass is 835 g/mol. The Morgan fingerprint density at radius 3 is 2.48 bits per heavy atom. The van der Waals surface area contributed by atoms with Crippen molar-refractivity contribution in [3.8, 4) is 16.9 Å². The fourth-order valence-corrected chi connectivity index (χ4v) is 9.98. The smallest absolute Gasteiger partial charge is 0.264 e. The third-order valence-electron chi connectivity index (χ3n) is 13.1. The van der Waals surface area contributed by atoms with Gasteiger partial charge in [0.25, 0.3) is 12.3 Å². The van der Waals surface area contributed by atoms with E-state index in [1.807, 2.05) is 15.9 Å². The van der Waals surface area contributed by atoms with E-state index in [4.69, 9.17) is 9.84 Å². The number of benzene rings is 2. The second-order valence-electron chi connectivity index (χ2n) is 16.5. The molecule has 0 spiro atoms. The number of imidazole rings is 1. The summed E-state index contributed by atoms with van der Waals surface area (Å²) in [5.74, 6) is -0.778. The van der Waals surface area contributed by atoms with Crippen LogP contribution >= 0.6 is 0 Å². The van der Waals surface area contributed by atoms with Crippen LogP contribution in [0, 0.1) is 5.82 Å². The molecule has 14 nitrogen and oxygen atoms in total. The molecule has 4 amide bonds. The summed E-state index contributed by atoms with van der Waals surface area (Å²) >= 11 is 0. The predicted octanol–water partition coefficient (Wildman–Crippen LogP) is 5.87. The third-order valence-corrected chi connectivity index (χ3v) is 13.1. The molecule has 3 aromatic heterocycles. The number of halogens is 3. The standard InChI is InChI=1S/C44H44F3N9O5/c1-24(57)52-14-9-34-32(22-52)42(54-11-3-4-25-16-29(31(41(46)47)19-36(25)54)30-20-39-48-10-15-53(39)23-38(30)61-2)50-56(34)27-7-12-51(13-8-27)37-17-26-21-55(44(60)28(26)18-33(37)45)35-5-6-40(58)49-43(35)59/h10,15-20,23,27,35,41H,3-9,11-14,21-22H2,1-2H3,(H,49,58,59). The summed E-state index contributed by atoms with van der Waals surface area (Å²) in [6.07, 6.45) is 6.03. The quantitative estimate of drug-likeness (QED) is 0.200. The number of anilines is 3. The maximum absolute atomic E-state index is 15.8. The molecular weight excluding hydrogens is 792 g/mol. The molecule has 1 unspecified atom stereocenters. The normalized spacial score (nSPS) is 19.4. The number of alkyl halides is 2. The van der Waals surface area contributed by atoms with Gasteiger partial charge >= 0.3 is 0 Å². The molecule has 0 radical (unpaired) electrons. The van der Waals surface area contributed by atoms with Crippen LogP contribution < -0.4 is 19.9 Å². The number of hydrogen-bond donors (Lipinski definition) is 1. The molecule has 1 N–H and O–H groups in total. The lowest BCUT2D eigenvalue weighted by molar-refractivity contribution is -0.137. The van der Waals surface area contributed by atoms with E-state index < -0.39 is 30.1 Å². The van der Waals surface area contributed by atoms with Crippen LogP contribution in [0.1, 0.15) is 89.8 Å². The highest BCUT2D eigenvalue weighted by molar-refractivity contribution is 6.05. The molecule has 10 rings (SSSR count). The molecular formula is C44H44F3N9O5. The lowest BCUT2D eigenvalue weighted by atomic mass is 9.91. The minimum absolute atomic E-state index is 0.0435. The fourth-order valence-electron chi connectivity index (χ4n) is 9.98. The number of methoxy groups -OCH3 is 1. The number of ether oxygens (including phenoxy) is 1. The molecule has 61 heavy (non-hydrogen) atoms. The van der Waals surface area contributed by atoms with Gasteiger partial charge in [0.05, 0.1) is 31.6 Å². The van der Waals surface area contributed by atoms with Crippen molar-refractivity contribution >= 4 is 46.5 Å². The number of aryl methyl sites for hydroxylation is 1. The van der Waals surface area contributed by atoms with Crippen molar-refractivity contribution < 1.29 is 37.1 Å². The number of imide groups is 1. The van der Waals surface area contributed by atoms with E-state index in [1.165, 1.54) is 18.1 Å². The van der Waals surface area contributed by atoms with Gasteiger partial charge in [-0.3, -0.25) is 29.2 Å². The SMILES string of the molecule is COc1cn2ccnc2cc1-c1cc2c(cc1C(F)F)N(c1nn(C3CCN(c4cc5c(cc4F)C(=O)N(C4CCC(=O)NC4=O)C5)CC3)c3c1CN(C(C)=O)CC3)CCC2. The van der Waals surface area contributed by atoms with Gasteiger partial charge in [-0.25, -0.2) is 18.2 Å². The van der Waals surface area contributed by atoms with Gasteiger partial charge in [-0.2, -0.15) is 5.10 Å². The number of carbonyl (C=O) groups excluding carboxylic acids is 4. The second kappa shape index (κ2) is 15.0.